The summed E-state index contributed by atoms with van der Waals surface area (Å²) in [4.78, 5) is 4.28. The molecule has 1 aliphatic rings. The zero-order valence-corrected chi connectivity index (χ0v) is 12.8. The predicted molar refractivity (Wildman–Crippen MR) is 81.4 cm³/mol. The number of aryl methyl sites for hydroxylation is 2. The maximum absolute atomic E-state index is 6.33. The summed E-state index contributed by atoms with van der Waals surface area (Å²) in [6.45, 7) is 10.8. The van der Waals surface area contributed by atoms with Crippen molar-refractivity contribution in [3.05, 3.63) is 58.4 Å². The van der Waals surface area contributed by atoms with Crippen LogP contribution in [0.1, 0.15) is 47.6 Å². The molecule has 0 radical (unpaired) electrons. The van der Waals surface area contributed by atoms with E-state index >= 15 is 0 Å². The summed E-state index contributed by atoms with van der Waals surface area (Å²) in [7, 11) is 0. The molecule has 2 nitrogen and oxygen atoms in total. The second kappa shape index (κ2) is 4.34. The highest BCUT2D eigenvalue weighted by molar-refractivity contribution is 5.58. The molecule has 2 heterocycles. The summed E-state index contributed by atoms with van der Waals surface area (Å²) in [5.41, 5.74) is 6.17. The van der Waals surface area contributed by atoms with Crippen LogP contribution >= 0.6 is 0 Å². The predicted octanol–water partition coefficient (Wildman–Crippen LogP) is 4.31. The fourth-order valence-corrected chi connectivity index (χ4v) is 3.35. The van der Waals surface area contributed by atoms with Crippen LogP contribution in [0, 0.1) is 20.8 Å². The number of ether oxygens (including phenoxy) is 1. The van der Waals surface area contributed by atoms with Crippen LogP contribution in [0.4, 0.5) is 0 Å². The number of rotatable bonds is 1. The number of fused-ring (bicyclic) bond motifs is 1. The van der Waals surface area contributed by atoms with Crippen LogP contribution < -0.4 is 4.74 Å². The molecule has 1 aromatic carbocycles. The van der Waals surface area contributed by atoms with Crippen molar-refractivity contribution in [1.82, 2.24) is 4.98 Å². The lowest BCUT2D eigenvalue weighted by atomic mass is 9.79. The Balaban J connectivity index is 2.26. The van der Waals surface area contributed by atoms with Crippen LogP contribution in [0.5, 0.6) is 5.75 Å². The average Bonchev–Trinajstić information content (AvgIpc) is 2.69. The van der Waals surface area contributed by atoms with E-state index in [4.69, 9.17) is 4.74 Å². The Labute approximate surface area is 120 Å². The van der Waals surface area contributed by atoms with Crippen molar-refractivity contribution >= 4 is 0 Å². The quantitative estimate of drug-likeness (QED) is 0.768. The fraction of sp³-hybridized carbons (Fsp3) is 0.389. The van der Waals surface area contributed by atoms with Crippen molar-refractivity contribution < 1.29 is 4.74 Å². The van der Waals surface area contributed by atoms with E-state index in [1.807, 2.05) is 18.5 Å². The van der Waals surface area contributed by atoms with Gasteiger partial charge in [-0.2, -0.15) is 0 Å². The zero-order chi connectivity index (χ0) is 14.5. The van der Waals surface area contributed by atoms with Crippen molar-refractivity contribution in [2.24, 2.45) is 0 Å². The van der Waals surface area contributed by atoms with E-state index in [2.05, 4.69) is 51.7 Å². The average molecular weight is 267 g/mol. The number of pyridine rings is 1. The lowest BCUT2D eigenvalue weighted by Crippen LogP contribution is -2.31. The molecule has 0 saturated carbocycles. The lowest BCUT2D eigenvalue weighted by Gasteiger charge is -2.27. The van der Waals surface area contributed by atoms with Gasteiger partial charge in [0.1, 0.15) is 11.4 Å². The summed E-state index contributed by atoms with van der Waals surface area (Å²) < 4.78 is 6.33. The fourth-order valence-electron chi connectivity index (χ4n) is 3.35. The topological polar surface area (TPSA) is 22.1 Å². The van der Waals surface area contributed by atoms with Crippen LogP contribution in [-0.4, -0.2) is 10.6 Å². The Hall–Kier alpha value is -1.83. The van der Waals surface area contributed by atoms with Gasteiger partial charge >= 0.3 is 0 Å². The SMILES string of the molecule is Cc1cc(C)c2c(c1C)OC(C)(C)C2c1cccnc1. The van der Waals surface area contributed by atoms with Gasteiger partial charge in [0.25, 0.3) is 0 Å². The second-order valence-corrected chi connectivity index (χ2v) is 6.30. The Bertz CT molecular complexity index is 659. The highest BCUT2D eigenvalue weighted by Gasteiger charge is 2.44. The number of nitrogens with zero attached hydrogens (tertiary/aromatic N) is 1. The van der Waals surface area contributed by atoms with Gasteiger partial charge in [0.2, 0.25) is 0 Å². The minimum atomic E-state index is -0.241. The molecule has 20 heavy (non-hydrogen) atoms. The van der Waals surface area contributed by atoms with Crippen LogP contribution in [0.25, 0.3) is 0 Å². The maximum atomic E-state index is 6.33. The Morgan fingerprint density at radius 2 is 1.90 bits per heavy atom. The van der Waals surface area contributed by atoms with Gasteiger partial charge in [-0.25, -0.2) is 0 Å². The number of hydrogen-bond donors (Lipinski definition) is 0. The lowest BCUT2D eigenvalue weighted by molar-refractivity contribution is 0.121. The third-order valence-electron chi connectivity index (χ3n) is 4.40. The van der Waals surface area contributed by atoms with E-state index in [0.717, 1.165) is 5.75 Å². The monoisotopic (exact) mass is 267 g/mol. The normalized spacial score (nSPS) is 19.6. The summed E-state index contributed by atoms with van der Waals surface area (Å²) in [5.74, 6) is 1.31. The van der Waals surface area contributed by atoms with Crippen molar-refractivity contribution in [3.63, 3.8) is 0 Å². The molecule has 1 atom stereocenters. The van der Waals surface area contributed by atoms with Gasteiger partial charge in [0.05, 0.1) is 5.92 Å². The molecule has 2 aromatic rings. The van der Waals surface area contributed by atoms with E-state index in [1.165, 1.54) is 27.8 Å². The molecular weight excluding hydrogens is 246 g/mol. The largest absolute Gasteiger partial charge is 0.486 e. The molecule has 0 spiro atoms. The number of benzene rings is 1. The second-order valence-electron chi connectivity index (χ2n) is 6.30. The molecular formula is C18H21NO. The Kier molecular flexibility index (Phi) is 2.86. The van der Waals surface area contributed by atoms with Crippen LogP contribution in [0.2, 0.25) is 0 Å². The summed E-state index contributed by atoms with van der Waals surface area (Å²) in [6, 6.07) is 6.41. The highest BCUT2D eigenvalue weighted by Crippen LogP contribution is 2.51. The molecule has 0 fully saturated rings. The third-order valence-corrected chi connectivity index (χ3v) is 4.40. The molecule has 1 unspecified atom stereocenters. The molecule has 1 aliphatic heterocycles. The standard InChI is InChI=1S/C18H21NO/c1-11-9-12(2)15-16(14-7-6-8-19-10-14)18(4,5)20-17(15)13(11)3/h6-10,16H,1-5H3. The van der Waals surface area contributed by atoms with Gasteiger partial charge in [-0.15, -0.1) is 0 Å². The van der Waals surface area contributed by atoms with Crippen LogP contribution in [-0.2, 0) is 0 Å². The van der Waals surface area contributed by atoms with Gasteiger partial charge in [0, 0.05) is 18.0 Å². The molecule has 0 bridgehead atoms. The molecule has 0 N–H and O–H groups in total. The van der Waals surface area contributed by atoms with Gasteiger partial charge in [0.15, 0.2) is 0 Å². The first kappa shape index (κ1) is 13.2. The first-order chi connectivity index (χ1) is 9.42. The molecule has 0 aliphatic carbocycles. The summed E-state index contributed by atoms with van der Waals surface area (Å²) >= 11 is 0. The highest BCUT2D eigenvalue weighted by atomic mass is 16.5. The minimum Gasteiger partial charge on any atom is -0.486 e. The van der Waals surface area contributed by atoms with Crippen molar-refractivity contribution in [3.8, 4) is 5.75 Å². The van der Waals surface area contributed by atoms with E-state index in [-0.39, 0.29) is 11.5 Å². The molecule has 0 amide bonds. The molecule has 0 saturated heterocycles. The van der Waals surface area contributed by atoms with E-state index in [1.54, 1.807) is 0 Å². The Morgan fingerprint density at radius 3 is 2.55 bits per heavy atom. The molecule has 1 aromatic heterocycles. The number of aromatic nitrogens is 1. The number of hydrogen-bond acceptors (Lipinski definition) is 2. The van der Waals surface area contributed by atoms with Crippen molar-refractivity contribution in [2.75, 3.05) is 0 Å². The zero-order valence-electron chi connectivity index (χ0n) is 12.8. The van der Waals surface area contributed by atoms with Crippen LogP contribution in [0.15, 0.2) is 30.6 Å². The van der Waals surface area contributed by atoms with E-state index < -0.39 is 0 Å². The molecule has 104 valence electrons. The van der Waals surface area contributed by atoms with Gasteiger partial charge in [-0.05, 0) is 62.9 Å². The van der Waals surface area contributed by atoms with E-state index in [0.29, 0.717) is 0 Å². The summed E-state index contributed by atoms with van der Waals surface area (Å²) in [5, 5.41) is 0. The Morgan fingerprint density at radius 1 is 1.15 bits per heavy atom. The van der Waals surface area contributed by atoms with Crippen molar-refractivity contribution in [2.45, 2.75) is 46.1 Å². The smallest absolute Gasteiger partial charge is 0.127 e. The van der Waals surface area contributed by atoms with E-state index in [9.17, 15) is 0 Å². The maximum Gasteiger partial charge on any atom is 0.127 e. The van der Waals surface area contributed by atoms with Gasteiger partial charge in [-0.3, -0.25) is 4.98 Å². The van der Waals surface area contributed by atoms with Crippen molar-refractivity contribution in [1.29, 1.82) is 0 Å². The van der Waals surface area contributed by atoms with Crippen LogP contribution in [0.3, 0.4) is 0 Å². The minimum absolute atomic E-state index is 0.241. The molecule has 2 heteroatoms. The molecule has 3 rings (SSSR count). The first-order valence-corrected chi connectivity index (χ1v) is 7.11. The van der Waals surface area contributed by atoms with Gasteiger partial charge < -0.3 is 4.74 Å². The summed E-state index contributed by atoms with van der Waals surface area (Å²) in [6.07, 6.45) is 3.78. The van der Waals surface area contributed by atoms with Gasteiger partial charge in [-0.1, -0.05) is 12.1 Å². The third kappa shape index (κ3) is 1.82. The first-order valence-electron chi connectivity index (χ1n) is 7.11.